The van der Waals surface area contributed by atoms with E-state index in [4.69, 9.17) is 5.73 Å². The van der Waals surface area contributed by atoms with Crippen LogP contribution in [0.15, 0.2) is 24.3 Å². The first-order valence-corrected chi connectivity index (χ1v) is 6.19. The SMILES string of the molecule is CC(=O)c1ccc(C2NCCC(C)C2N)cc1. The maximum atomic E-state index is 11.2. The molecule has 1 saturated heterocycles. The second-order valence-electron chi connectivity index (χ2n) is 4.95. The van der Waals surface area contributed by atoms with Crippen LogP contribution in [-0.4, -0.2) is 18.4 Å². The molecule has 1 aliphatic heterocycles. The summed E-state index contributed by atoms with van der Waals surface area (Å²) >= 11 is 0. The molecule has 1 aromatic carbocycles. The molecule has 0 spiro atoms. The van der Waals surface area contributed by atoms with Gasteiger partial charge in [0.25, 0.3) is 0 Å². The van der Waals surface area contributed by atoms with Crippen LogP contribution in [0, 0.1) is 5.92 Å². The van der Waals surface area contributed by atoms with Crippen molar-refractivity contribution in [3.63, 3.8) is 0 Å². The molecule has 17 heavy (non-hydrogen) atoms. The highest BCUT2D eigenvalue weighted by atomic mass is 16.1. The molecular formula is C14H20N2O. The minimum atomic E-state index is 0.103. The van der Waals surface area contributed by atoms with Gasteiger partial charge in [-0.15, -0.1) is 0 Å². The quantitative estimate of drug-likeness (QED) is 0.766. The van der Waals surface area contributed by atoms with Crippen LogP contribution >= 0.6 is 0 Å². The highest BCUT2D eigenvalue weighted by molar-refractivity contribution is 5.94. The standard InChI is InChI=1S/C14H20N2O/c1-9-7-8-16-14(13(9)15)12-5-3-11(4-6-12)10(2)17/h3-6,9,13-14,16H,7-8,15H2,1-2H3. The van der Waals surface area contributed by atoms with E-state index in [0.717, 1.165) is 18.5 Å². The van der Waals surface area contributed by atoms with Crippen LogP contribution in [0.4, 0.5) is 0 Å². The molecule has 0 amide bonds. The Kier molecular flexibility index (Phi) is 3.60. The number of hydrogen-bond acceptors (Lipinski definition) is 3. The highest BCUT2D eigenvalue weighted by Crippen LogP contribution is 2.26. The van der Waals surface area contributed by atoms with Crippen molar-refractivity contribution in [1.29, 1.82) is 0 Å². The van der Waals surface area contributed by atoms with Crippen molar-refractivity contribution in [2.45, 2.75) is 32.4 Å². The Bertz CT molecular complexity index is 399. The van der Waals surface area contributed by atoms with Crippen molar-refractivity contribution in [2.75, 3.05) is 6.54 Å². The summed E-state index contributed by atoms with van der Waals surface area (Å²) in [4.78, 5) is 11.2. The van der Waals surface area contributed by atoms with Crippen LogP contribution in [0.1, 0.15) is 42.2 Å². The molecule has 0 bridgehead atoms. The van der Waals surface area contributed by atoms with Gasteiger partial charge in [0.1, 0.15) is 0 Å². The van der Waals surface area contributed by atoms with E-state index in [-0.39, 0.29) is 17.9 Å². The summed E-state index contributed by atoms with van der Waals surface area (Å²) in [5.41, 5.74) is 8.15. The lowest BCUT2D eigenvalue weighted by molar-refractivity contribution is 0.101. The number of benzene rings is 1. The van der Waals surface area contributed by atoms with Gasteiger partial charge in [-0.05, 0) is 31.4 Å². The normalized spacial score (nSPS) is 29.0. The molecule has 0 radical (unpaired) electrons. The molecule has 1 fully saturated rings. The van der Waals surface area contributed by atoms with E-state index < -0.39 is 0 Å². The van der Waals surface area contributed by atoms with Crippen molar-refractivity contribution in [3.8, 4) is 0 Å². The number of piperidine rings is 1. The molecule has 3 unspecified atom stereocenters. The largest absolute Gasteiger partial charge is 0.326 e. The lowest BCUT2D eigenvalue weighted by Crippen LogP contribution is -2.47. The molecule has 0 aromatic heterocycles. The number of hydrogen-bond donors (Lipinski definition) is 2. The summed E-state index contributed by atoms with van der Waals surface area (Å²) in [6.07, 6.45) is 1.13. The third kappa shape index (κ3) is 2.56. The monoisotopic (exact) mass is 232 g/mol. The lowest BCUT2D eigenvalue weighted by atomic mass is 9.85. The molecule has 1 heterocycles. The molecule has 0 aliphatic carbocycles. The minimum Gasteiger partial charge on any atom is -0.326 e. The summed E-state index contributed by atoms with van der Waals surface area (Å²) in [6.45, 7) is 4.79. The Morgan fingerprint density at radius 2 is 2.00 bits per heavy atom. The lowest BCUT2D eigenvalue weighted by Gasteiger charge is -2.35. The summed E-state index contributed by atoms with van der Waals surface area (Å²) < 4.78 is 0. The van der Waals surface area contributed by atoms with E-state index in [9.17, 15) is 4.79 Å². The van der Waals surface area contributed by atoms with Crippen LogP contribution in [0.2, 0.25) is 0 Å². The average molecular weight is 232 g/mol. The Morgan fingerprint density at radius 3 is 2.59 bits per heavy atom. The van der Waals surface area contributed by atoms with Crippen molar-refractivity contribution in [1.82, 2.24) is 5.32 Å². The third-order valence-electron chi connectivity index (χ3n) is 3.68. The molecule has 2 rings (SSSR count). The van der Waals surface area contributed by atoms with Gasteiger partial charge in [0.2, 0.25) is 0 Å². The molecule has 3 nitrogen and oxygen atoms in total. The van der Waals surface area contributed by atoms with Gasteiger partial charge >= 0.3 is 0 Å². The predicted molar refractivity (Wildman–Crippen MR) is 68.9 cm³/mol. The zero-order chi connectivity index (χ0) is 12.4. The molecule has 1 aromatic rings. The van der Waals surface area contributed by atoms with Gasteiger partial charge in [0.15, 0.2) is 5.78 Å². The zero-order valence-corrected chi connectivity index (χ0v) is 10.4. The summed E-state index contributed by atoms with van der Waals surface area (Å²) in [7, 11) is 0. The van der Waals surface area contributed by atoms with E-state index in [1.54, 1.807) is 6.92 Å². The highest BCUT2D eigenvalue weighted by Gasteiger charge is 2.28. The number of carbonyl (C=O) groups is 1. The Hall–Kier alpha value is -1.19. The number of ketones is 1. The van der Waals surface area contributed by atoms with E-state index in [0.29, 0.717) is 5.92 Å². The second-order valence-corrected chi connectivity index (χ2v) is 4.95. The van der Waals surface area contributed by atoms with Crippen molar-refractivity contribution in [2.24, 2.45) is 11.7 Å². The van der Waals surface area contributed by atoms with E-state index in [1.165, 1.54) is 5.56 Å². The van der Waals surface area contributed by atoms with E-state index >= 15 is 0 Å². The van der Waals surface area contributed by atoms with E-state index in [2.05, 4.69) is 12.2 Å². The number of carbonyl (C=O) groups excluding carboxylic acids is 1. The smallest absolute Gasteiger partial charge is 0.159 e. The molecule has 3 N–H and O–H groups in total. The maximum Gasteiger partial charge on any atom is 0.159 e. The fraction of sp³-hybridized carbons (Fsp3) is 0.500. The van der Waals surface area contributed by atoms with Gasteiger partial charge in [-0.2, -0.15) is 0 Å². The summed E-state index contributed by atoms with van der Waals surface area (Å²) in [5, 5.41) is 3.45. The van der Waals surface area contributed by atoms with Gasteiger partial charge in [0, 0.05) is 17.6 Å². The van der Waals surface area contributed by atoms with Gasteiger partial charge in [-0.3, -0.25) is 4.79 Å². The van der Waals surface area contributed by atoms with Crippen molar-refractivity contribution >= 4 is 5.78 Å². The number of nitrogens with two attached hydrogens (primary N) is 1. The van der Waals surface area contributed by atoms with Crippen LogP contribution < -0.4 is 11.1 Å². The first kappa shape index (κ1) is 12.3. The van der Waals surface area contributed by atoms with Crippen LogP contribution in [-0.2, 0) is 0 Å². The molecule has 92 valence electrons. The van der Waals surface area contributed by atoms with Gasteiger partial charge in [0.05, 0.1) is 0 Å². The summed E-state index contributed by atoms with van der Waals surface area (Å²) in [5.74, 6) is 0.638. The summed E-state index contributed by atoms with van der Waals surface area (Å²) in [6, 6.07) is 8.13. The average Bonchev–Trinajstić information content (AvgIpc) is 2.33. The first-order valence-electron chi connectivity index (χ1n) is 6.19. The predicted octanol–water partition coefficient (Wildman–Crippen LogP) is 1.89. The van der Waals surface area contributed by atoms with Gasteiger partial charge in [-0.1, -0.05) is 31.2 Å². The van der Waals surface area contributed by atoms with Crippen molar-refractivity contribution in [3.05, 3.63) is 35.4 Å². The van der Waals surface area contributed by atoms with Crippen molar-refractivity contribution < 1.29 is 4.79 Å². The minimum absolute atomic E-state index is 0.103. The Balaban J connectivity index is 2.19. The van der Waals surface area contributed by atoms with Gasteiger partial charge in [-0.25, -0.2) is 0 Å². The number of rotatable bonds is 2. The molecule has 0 saturated carbocycles. The Morgan fingerprint density at radius 1 is 1.35 bits per heavy atom. The first-order chi connectivity index (χ1) is 8.09. The molecule has 3 heteroatoms. The topological polar surface area (TPSA) is 55.1 Å². The number of nitrogens with one attached hydrogen (secondary N) is 1. The van der Waals surface area contributed by atoms with Crippen LogP contribution in [0.3, 0.4) is 0 Å². The molecule has 3 atom stereocenters. The van der Waals surface area contributed by atoms with Gasteiger partial charge < -0.3 is 11.1 Å². The second kappa shape index (κ2) is 4.98. The fourth-order valence-electron chi connectivity index (χ4n) is 2.39. The van der Waals surface area contributed by atoms with E-state index in [1.807, 2.05) is 24.3 Å². The van der Waals surface area contributed by atoms with Crippen LogP contribution in [0.5, 0.6) is 0 Å². The third-order valence-corrected chi connectivity index (χ3v) is 3.68. The Labute approximate surface area is 102 Å². The number of Topliss-reactive ketones (excluding diaryl/α,β-unsaturated/α-hetero) is 1. The van der Waals surface area contributed by atoms with Crippen LogP contribution in [0.25, 0.3) is 0 Å². The molecule has 1 aliphatic rings. The fourth-order valence-corrected chi connectivity index (χ4v) is 2.39. The maximum absolute atomic E-state index is 11.2. The zero-order valence-electron chi connectivity index (χ0n) is 10.4. The molecular weight excluding hydrogens is 212 g/mol.